The zero-order valence-electron chi connectivity index (χ0n) is 8.14. The normalized spacial score (nSPS) is 21.9. The molecule has 0 amide bonds. The van der Waals surface area contributed by atoms with Crippen LogP contribution in [0.1, 0.15) is 12.1 Å². The molecule has 0 saturated carbocycles. The minimum atomic E-state index is 0.0258. The smallest absolute Gasteiger partial charge is 0.185 e. The highest BCUT2D eigenvalue weighted by Crippen LogP contribution is 2.25. The van der Waals surface area contributed by atoms with Gasteiger partial charge in [0, 0.05) is 25.6 Å². The van der Waals surface area contributed by atoms with Crippen molar-refractivity contribution < 1.29 is 9.84 Å². The molecular formula is C9H14N2O2S. The van der Waals surface area contributed by atoms with Gasteiger partial charge in [-0.1, -0.05) is 0 Å². The Morgan fingerprint density at radius 1 is 1.79 bits per heavy atom. The molecule has 0 aliphatic carbocycles. The maximum absolute atomic E-state index is 8.89. The first-order valence-corrected chi connectivity index (χ1v) is 5.54. The van der Waals surface area contributed by atoms with Crippen LogP contribution < -0.4 is 4.90 Å². The van der Waals surface area contributed by atoms with E-state index in [-0.39, 0.29) is 6.61 Å². The van der Waals surface area contributed by atoms with E-state index >= 15 is 0 Å². The predicted molar refractivity (Wildman–Crippen MR) is 55.7 cm³/mol. The van der Waals surface area contributed by atoms with Gasteiger partial charge in [0.25, 0.3) is 0 Å². The molecular weight excluding hydrogens is 200 g/mol. The maximum atomic E-state index is 8.89. The zero-order chi connectivity index (χ0) is 9.97. The van der Waals surface area contributed by atoms with E-state index in [1.165, 1.54) is 0 Å². The number of aromatic nitrogens is 1. The lowest BCUT2D eigenvalue weighted by Gasteiger charge is -2.13. The summed E-state index contributed by atoms with van der Waals surface area (Å²) in [5.74, 6) is 0. The Hall–Kier alpha value is -0.650. The molecule has 2 heterocycles. The number of anilines is 1. The second-order valence-electron chi connectivity index (χ2n) is 3.37. The van der Waals surface area contributed by atoms with E-state index in [4.69, 9.17) is 9.84 Å². The number of rotatable bonds is 3. The first kappa shape index (κ1) is 9.89. The summed E-state index contributed by atoms with van der Waals surface area (Å²) in [6, 6.07) is 0. The molecule has 0 bridgehead atoms. The fraction of sp³-hybridized carbons (Fsp3) is 0.667. The monoisotopic (exact) mass is 214 g/mol. The van der Waals surface area contributed by atoms with Crippen molar-refractivity contribution in [2.75, 3.05) is 25.1 Å². The van der Waals surface area contributed by atoms with E-state index in [0.29, 0.717) is 6.10 Å². The van der Waals surface area contributed by atoms with E-state index in [1.54, 1.807) is 18.4 Å². The summed E-state index contributed by atoms with van der Waals surface area (Å²) >= 11 is 1.58. The van der Waals surface area contributed by atoms with Gasteiger partial charge in [-0.15, -0.1) is 11.3 Å². The summed E-state index contributed by atoms with van der Waals surface area (Å²) in [6.45, 7) is 1.93. The van der Waals surface area contributed by atoms with Crippen molar-refractivity contribution in [2.24, 2.45) is 0 Å². The standard InChI is InChI=1S/C9H14N2O2S/c1-13-8-2-3-11(4-8)9-10-7(5-12)6-14-9/h6,8,12H,2-5H2,1H3/t8-/m1/s1. The Bertz CT molecular complexity index is 303. The number of ether oxygens (including phenoxy) is 1. The Morgan fingerprint density at radius 3 is 3.21 bits per heavy atom. The van der Waals surface area contributed by atoms with Gasteiger partial charge in [0.15, 0.2) is 5.13 Å². The topological polar surface area (TPSA) is 45.6 Å². The number of hydrogen-bond donors (Lipinski definition) is 1. The molecule has 0 radical (unpaired) electrons. The van der Waals surface area contributed by atoms with Gasteiger partial charge in [-0.05, 0) is 6.42 Å². The second kappa shape index (κ2) is 4.25. The number of hydrogen-bond acceptors (Lipinski definition) is 5. The maximum Gasteiger partial charge on any atom is 0.185 e. The first-order chi connectivity index (χ1) is 6.83. The molecule has 1 aromatic heterocycles. The Morgan fingerprint density at radius 2 is 2.64 bits per heavy atom. The Labute approximate surface area is 87.1 Å². The van der Waals surface area contributed by atoms with E-state index in [0.717, 1.165) is 30.3 Å². The predicted octanol–water partition coefficient (Wildman–Crippen LogP) is 0.860. The molecule has 1 N–H and O–H groups in total. The van der Waals surface area contributed by atoms with E-state index in [9.17, 15) is 0 Å². The van der Waals surface area contributed by atoms with Gasteiger partial charge in [-0.25, -0.2) is 4.98 Å². The Balaban J connectivity index is 2.02. The van der Waals surface area contributed by atoms with Crippen LogP contribution in [0.3, 0.4) is 0 Å². The molecule has 0 spiro atoms. The summed E-state index contributed by atoms with van der Waals surface area (Å²) < 4.78 is 5.28. The van der Waals surface area contributed by atoms with Gasteiger partial charge in [0.2, 0.25) is 0 Å². The van der Waals surface area contributed by atoms with Crippen LogP contribution >= 0.6 is 11.3 Å². The molecule has 2 rings (SSSR count). The number of methoxy groups -OCH3 is 1. The average Bonchev–Trinajstić information content (AvgIpc) is 2.86. The molecule has 1 atom stereocenters. The third kappa shape index (κ3) is 1.89. The van der Waals surface area contributed by atoms with Crippen LogP contribution in [-0.2, 0) is 11.3 Å². The molecule has 1 saturated heterocycles. The minimum Gasteiger partial charge on any atom is -0.390 e. The third-order valence-corrected chi connectivity index (χ3v) is 3.40. The zero-order valence-corrected chi connectivity index (χ0v) is 8.96. The van der Waals surface area contributed by atoms with E-state index in [2.05, 4.69) is 9.88 Å². The molecule has 4 nitrogen and oxygen atoms in total. The van der Waals surface area contributed by atoms with Gasteiger partial charge in [0.1, 0.15) is 0 Å². The van der Waals surface area contributed by atoms with Crippen LogP contribution in [0.2, 0.25) is 0 Å². The molecule has 1 aliphatic rings. The fourth-order valence-electron chi connectivity index (χ4n) is 1.61. The summed E-state index contributed by atoms with van der Waals surface area (Å²) in [4.78, 5) is 6.52. The summed E-state index contributed by atoms with van der Waals surface area (Å²) in [6.07, 6.45) is 1.39. The van der Waals surface area contributed by atoms with Gasteiger partial charge in [-0.2, -0.15) is 0 Å². The lowest BCUT2D eigenvalue weighted by Crippen LogP contribution is -2.21. The molecule has 0 aromatic carbocycles. The first-order valence-electron chi connectivity index (χ1n) is 4.66. The van der Waals surface area contributed by atoms with Gasteiger partial charge in [0.05, 0.1) is 18.4 Å². The SMILES string of the molecule is CO[C@@H]1CCN(c2nc(CO)cs2)C1. The van der Waals surface area contributed by atoms with Crippen molar-refractivity contribution in [1.29, 1.82) is 0 Å². The van der Waals surface area contributed by atoms with Crippen LogP contribution in [0, 0.1) is 0 Å². The van der Waals surface area contributed by atoms with Crippen LogP contribution in [0.25, 0.3) is 0 Å². The van der Waals surface area contributed by atoms with Crippen molar-refractivity contribution in [3.05, 3.63) is 11.1 Å². The van der Waals surface area contributed by atoms with E-state index < -0.39 is 0 Å². The summed E-state index contributed by atoms with van der Waals surface area (Å²) in [5.41, 5.74) is 0.755. The molecule has 14 heavy (non-hydrogen) atoms. The summed E-state index contributed by atoms with van der Waals surface area (Å²) in [5, 5.41) is 11.8. The average molecular weight is 214 g/mol. The van der Waals surface area contributed by atoms with Crippen molar-refractivity contribution in [3.63, 3.8) is 0 Å². The largest absolute Gasteiger partial charge is 0.390 e. The van der Waals surface area contributed by atoms with Crippen molar-refractivity contribution in [1.82, 2.24) is 4.98 Å². The number of thiazole rings is 1. The van der Waals surface area contributed by atoms with Crippen LogP contribution in [0.4, 0.5) is 5.13 Å². The van der Waals surface area contributed by atoms with Crippen molar-refractivity contribution in [2.45, 2.75) is 19.1 Å². The molecule has 1 fully saturated rings. The molecule has 0 unspecified atom stereocenters. The van der Waals surface area contributed by atoms with Crippen LogP contribution in [0.15, 0.2) is 5.38 Å². The van der Waals surface area contributed by atoms with Crippen LogP contribution in [-0.4, -0.2) is 36.4 Å². The van der Waals surface area contributed by atoms with Gasteiger partial charge >= 0.3 is 0 Å². The highest BCUT2D eigenvalue weighted by molar-refractivity contribution is 7.13. The van der Waals surface area contributed by atoms with Crippen molar-refractivity contribution >= 4 is 16.5 Å². The van der Waals surface area contributed by atoms with E-state index in [1.807, 2.05) is 5.38 Å². The number of aliphatic hydroxyl groups excluding tert-OH is 1. The Kier molecular flexibility index (Phi) is 3.00. The number of aliphatic hydroxyl groups is 1. The minimum absolute atomic E-state index is 0.0258. The third-order valence-electron chi connectivity index (χ3n) is 2.45. The van der Waals surface area contributed by atoms with Gasteiger partial charge in [-0.3, -0.25) is 0 Å². The molecule has 78 valence electrons. The quantitative estimate of drug-likeness (QED) is 0.810. The highest BCUT2D eigenvalue weighted by atomic mass is 32.1. The molecule has 5 heteroatoms. The van der Waals surface area contributed by atoms with Gasteiger partial charge < -0.3 is 14.7 Å². The van der Waals surface area contributed by atoms with Crippen LogP contribution in [0.5, 0.6) is 0 Å². The molecule has 1 aliphatic heterocycles. The highest BCUT2D eigenvalue weighted by Gasteiger charge is 2.23. The lowest BCUT2D eigenvalue weighted by atomic mass is 10.3. The fourth-order valence-corrected chi connectivity index (χ4v) is 2.46. The molecule has 1 aromatic rings. The second-order valence-corrected chi connectivity index (χ2v) is 4.21. The van der Waals surface area contributed by atoms with Crippen molar-refractivity contribution in [3.8, 4) is 0 Å². The lowest BCUT2D eigenvalue weighted by molar-refractivity contribution is 0.121. The summed E-state index contributed by atoms with van der Waals surface area (Å²) in [7, 11) is 1.75. The number of nitrogens with zero attached hydrogens (tertiary/aromatic N) is 2.